The number of nitrogens with two attached hydrogens (primary N) is 1. The second-order valence-corrected chi connectivity index (χ2v) is 6.38. The molecular weight excluding hydrogens is 278 g/mol. The van der Waals surface area contributed by atoms with Crippen LogP contribution < -0.4 is 10.5 Å². The molecule has 108 valence electrons. The van der Waals surface area contributed by atoms with Gasteiger partial charge in [-0.05, 0) is 38.5 Å². The highest BCUT2D eigenvalue weighted by Crippen LogP contribution is 2.22. The van der Waals surface area contributed by atoms with E-state index in [9.17, 15) is 8.42 Å². The molecule has 0 bridgehead atoms. The smallest absolute Gasteiger partial charge is 0.243 e. The van der Waals surface area contributed by atoms with Gasteiger partial charge in [-0.15, -0.1) is 0 Å². The molecule has 0 amide bonds. The fraction of sp³-hybridized carbons (Fsp3) is 0.308. The van der Waals surface area contributed by atoms with Gasteiger partial charge in [0.05, 0.1) is 17.9 Å². The van der Waals surface area contributed by atoms with E-state index < -0.39 is 16.1 Å². The molecular formula is C13H17N3O3S. The fourth-order valence-corrected chi connectivity index (χ4v) is 3.14. The number of nitrogens with zero attached hydrogens (tertiary/aromatic N) is 1. The van der Waals surface area contributed by atoms with Crippen molar-refractivity contribution in [3.05, 3.63) is 41.6 Å². The lowest BCUT2D eigenvalue weighted by molar-refractivity contribution is 0.428. The highest BCUT2D eigenvalue weighted by Gasteiger charge is 2.23. The Morgan fingerprint density at radius 3 is 2.60 bits per heavy atom. The van der Waals surface area contributed by atoms with Gasteiger partial charge >= 0.3 is 0 Å². The third-order valence-corrected chi connectivity index (χ3v) is 4.41. The van der Waals surface area contributed by atoms with Crippen molar-refractivity contribution in [1.82, 2.24) is 9.71 Å². The van der Waals surface area contributed by atoms with E-state index in [1.54, 1.807) is 32.2 Å². The quantitative estimate of drug-likeness (QED) is 0.840. The van der Waals surface area contributed by atoms with Crippen molar-refractivity contribution >= 4 is 15.7 Å². The molecule has 1 aromatic carbocycles. The molecule has 20 heavy (non-hydrogen) atoms. The summed E-state index contributed by atoms with van der Waals surface area (Å²) in [5.41, 5.74) is 6.88. The zero-order chi connectivity index (χ0) is 14.9. The van der Waals surface area contributed by atoms with Crippen LogP contribution in [0.4, 0.5) is 5.69 Å². The normalized spacial score (nSPS) is 13.3. The summed E-state index contributed by atoms with van der Waals surface area (Å²) in [5, 5.41) is 0. The van der Waals surface area contributed by atoms with Crippen LogP contribution in [-0.2, 0) is 10.0 Å². The Balaban J connectivity index is 2.27. The topological polar surface area (TPSA) is 98.2 Å². The monoisotopic (exact) mass is 295 g/mol. The van der Waals surface area contributed by atoms with Crippen molar-refractivity contribution in [1.29, 1.82) is 0 Å². The maximum absolute atomic E-state index is 12.3. The van der Waals surface area contributed by atoms with Crippen LogP contribution in [0.1, 0.15) is 30.2 Å². The summed E-state index contributed by atoms with van der Waals surface area (Å²) in [6, 6.07) is 4.23. The minimum atomic E-state index is -3.72. The number of sulfonamides is 1. The number of aryl methyl sites for hydroxylation is 2. The van der Waals surface area contributed by atoms with Crippen molar-refractivity contribution in [3.8, 4) is 0 Å². The number of aromatic nitrogens is 1. The minimum absolute atomic E-state index is 0.0539. The van der Waals surface area contributed by atoms with Gasteiger partial charge in [0.2, 0.25) is 15.9 Å². The molecule has 0 spiro atoms. The van der Waals surface area contributed by atoms with E-state index in [2.05, 4.69) is 9.71 Å². The molecule has 0 saturated heterocycles. The number of hydrogen-bond acceptors (Lipinski definition) is 5. The lowest BCUT2D eigenvalue weighted by Crippen LogP contribution is -2.27. The average Bonchev–Trinajstić information content (AvgIpc) is 2.74. The standard InChI is InChI=1S/C13H17N3O3S/c1-8-4-5-12(11(14)6-8)20(17,18)16-10(3)13-15-7-9(2)19-13/h4-7,10,16H,14H2,1-3H3. The number of hydrogen-bond donors (Lipinski definition) is 2. The Morgan fingerprint density at radius 2 is 2.05 bits per heavy atom. The molecule has 1 atom stereocenters. The molecule has 0 aliphatic heterocycles. The van der Waals surface area contributed by atoms with E-state index in [0.717, 1.165) is 5.56 Å². The number of anilines is 1. The highest BCUT2D eigenvalue weighted by atomic mass is 32.2. The van der Waals surface area contributed by atoms with Gasteiger partial charge in [-0.3, -0.25) is 0 Å². The van der Waals surface area contributed by atoms with E-state index in [1.807, 2.05) is 6.92 Å². The number of nitrogens with one attached hydrogen (secondary N) is 1. The molecule has 0 fully saturated rings. The fourth-order valence-electron chi connectivity index (χ4n) is 1.83. The molecule has 0 aliphatic rings. The van der Waals surface area contributed by atoms with Crippen LogP contribution in [0.3, 0.4) is 0 Å². The number of nitrogen functional groups attached to an aromatic ring is 1. The predicted octanol–water partition coefficient (Wildman–Crippen LogP) is 1.91. The molecule has 0 saturated carbocycles. The Bertz CT molecular complexity index is 722. The summed E-state index contributed by atoms with van der Waals surface area (Å²) in [6.45, 7) is 5.25. The van der Waals surface area contributed by atoms with Gasteiger partial charge in [0, 0.05) is 0 Å². The van der Waals surface area contributed by atoms with Gasteiger partial charge in [-0.25, -0.2) is 13.4 Å². The molecule has 3 N–H and O–H groups in total. The van der Waals surface area contributed by atoms with E-state index >= 15 is 0 Å². The van der Waals surface area contributed by atoms with Gasteiger partial charge in [0.25, 0.3) is 0 Å². The summed E-state index contributed by atoms with van der Waals surface area (Å²) in [5.74, 6) is 0.942. The van der Waals surface area contributed by atoms with E-state index in [4.69, 9.17) is 10.2 Å². The number of benzene rings is 1. The van der Waals surface area contributed by atoms with Crippen molar-refractivity contribution < 1.29 is 12.8 Å². The molecule has 0 radical (unpaired) electrons. The molecule has 1 unspecified atom stereocenters. The summed E-state index contributed by atoms with van der Waals surface area (Å²) in [6.07, 6.45) is 1.54. The Morgan fingerprint density at radius 1 is 1.35 bits per heavy atom. The Hall–Kier alpha value is -1.86. The maximum Gasteiger partial charge on any atom is 0.243 e. The molecule has 2 rings (SSSR count). The third kappa shape index (κ3) is 3.00. The van der Waals surface area contributed by atoms with Gasteiger partial charge in [0.1, 0.15) is 10.7 Å². The summed E-state index contributed by atoms with van der Waals surface area (Å²) >= 11 is 0. The zero-order valence-corrected chi connectivity index (χ0v) is 12.4. The van der Waals surface area contributed by atoms with Gasteiger partial charge in [-0.1, -0.05) is 6.07 Å². The second-order valence-electron chi connectivity index (χ2n) is 4.69. The summed E-state index contributed by atoms with van der Waals surface area (Å²) in [4.78, 5) is 4.06. The molecule has 0 aliphatic carbocycles. The summed E-state index contributed by atoms with van der Waals surface area (Å²) < 4.78 is 32.4. The lowest BCUT2D eigenvalue weighted by atomic mass is 10.2. The third-order valence-electron chi connectivity index (χ3n) is 2.80. The number of oxazole rings is 1. The van der Waals surface area contributed by atoms with Gasteiger partial charge < -0.3 is 10.2 Å². The van der Waals surface area contributed by atoms with Crippen molar-refractivity contribution in [2.75, 3.05) is 5.73 Å². The Kier molecular flexibility index (Phi) is 3.82. The molecule has 2 aromatic rings. The van der Waals surface area contributed by atoms with Crippen LogP contribution in [0.25, 0.3) is 0 Å². The van der Waals surface area contributed by atoms with Crippen molar-refractivity contribution in [2.24, 2.45) is 0 Å². The van der Waals surface area contributed by atoms with Crippen LogP contribution in [0.5, 0.6) is 0 Å². The molecule has 1 heterocycles. The SMILES string of the molecule is Cc1ccc(S(=O)(=O)NC(C)c2ncc(C)o2)c(N)c1. The zero-order valence-electron chi connectivity index (χ0n) is 11.5. The van der Waals surface area contributed by atoms with Crippen LogP contribution >= 0.6 is 0 Å². The molecule has 1 aromatic heterocycles. The van der Waals surface area contributed by atoms with Gasteiger partial charge in [-0.2, -0.15) is 4.72 Å². The minimum Gasteiger partial charge on any atom is -0.444 e. The first-order valence-electron chi connectivity index (χ1n) is 6.10. The average molecular weight is 295 g/mol. The summed E-state index contributed by atoms with van der Waals surface area (Å²) in [7, 11) is -3.72. The first-order valence-corrected chi connectivity index (χ1v) is 7.58. The molecule has 7 heteroatoms. The van der Waals surface area contributed by atoms with Crippen molar-refractivity contribution in [2.45, 2.75) is 31.7 Å². The first kappa shape index (κ1) is 14.5. The van der Waals surface area contributed by atoms with Gasteiger partial charge in [0.15, 0.2) is 0 Å². The van der Waals surface area contributed by atoms with Crippen LogP contribution in [0, 0.1) is 13.8 Å². The molecule has 6 nitrogen and oxygen atoms in total. The highest BCUT2D eigenvalue weighted by molar-refractivity contribution is 7.89. The number of rotatable bonds is 4. The van der Waals surface area contributed by atoms with Crippen LogP contribution in [0.2, 0.25) is 0 Å². The second kappa shape index (κ2) is 5.26. The maximum atomic E-state index is 12.3. The predicted molar refractivity (Wildman–Crippen MR) is 75.6 cm³/mol. The Labute approximate surface area is 118 Å². The van der Waals surface area contributed by atoms with Crippen LogP contribution in [-0.4, -0.2) is 13.4 Å². The van der Waals surface area contributed by atoms with Crippen molar-refractivity contribution in [3.63, 3.8) is 0 Å². The van der Waals surface area contributed by atoms with E-state index in [0.29, 0.717) is 11.7 Å². The first-order chi connectivity index (χ1) is 9.29. The van der Waals surface area contributed by atoms with E-state index in [1.165, 1.54) is 6.07 Å². The van der Waals surface area contributed by atoms with E-state index in [-0.39, 0.29) is 10.6 Å². The lowest BCUT2D eigenvalue weighted by Gasteiger charge is -2.13. The largest absolute Gasteiger partial charge is 0.444 e. The van der Waals surface area contributed by atoms with Crippen LogP contribution in [0.15, 0.2) is 33.7 Å².